The lowest BCUT2D eigenvalue weighted by atomic mass is 10.3. The Morgan fingerprint density at radius 2 is 2.08 bits per heavy atom. The zero-order valence-corrected chi connectivity index (χ0v) is 15.1. The Hall–Kier alpha value is -2.36. The number of amides is 2. The number of morpholine rings is 1. The van der Waals surface area contributed by atoms with Crippen LogP contribution in [-0.4, -0.2) is 66.1 Å². The molecule has 2 amide bonds. The first-order chi connectivity index (χ1) is 12.7. The van der Waals surface area contributed by atoms with Crippen molar-refractivity contribution >= 4 is 28.8 Å². The molecule has 1 fully saturated rings. The summed E-state index contributed by atoms with van der Waals surface area (Å²) in [6, 6.07) is 1.71. The monoisotopic (exact) mass is 375 g/mol. The normalized spacial score (nSPS) is 14.8. The molecule has 0 aliphatic carbocycles. The first kappa shape index (κ1) is 18.4. The Bertz CT molecular complexity index is 731. The number of carbonyl (C=O) groups is 2. The molecule has 0 bridgehead atoms. The van der Waals surface area contributed by atoms with E-state index in [4.69, 9.17) is 4.74 Å². The Morgan fingerprint density at radius 3 is 2.85 bits per heavy atom. The minimum Gasteiger partial charge on any atom is -0.379 e. The number of ether oxygens (including phenoxy) is 1. The average molecular weight is 375 g/mol. The van der Waals surface area contributed by atoms with E-state index in [-0.39, 0.29) is 11.6 Å². The molecule has 0 unspecified atom stereocenters. The fourth-order valence-electron chi connectivity index (χ4n) is 2.60. The van der Waals surface area contributed by atoms with Gasteiger partial charge in [0.2, 0.25) is 0 Å². The molecule has 2 aromatic rings. The maximum Gasteiger partial charge on any atom is 0.275 e. The van der Waals surface area contributed by atoms with Gasteiger partial charge in [0, 0.05) is 32.0 Å². The van der Waals surface area contributed by atoms with Crippen LogP contribution in [0.5, 0.6) is 0 Å². The standard InChI is InChI=1S/C17H21N5O3S/c23-16(14-12-18-4-5-19-14)21-13-2-11-26-15(13)17(24)20-3-1-6-22-7-9-25-10-8-22/h2,4-5,11-12H,1,3,6-10H2,(H,20,24)(H,21,23). The molecule has 2 aromatic heterocycles. The lowest BCUT2D eigenvalue weighted by Crippen LogP contribution is -2.38. The minimum absolute atomic E-state index is 0.184. The lowest BCUT2D eigenvalue weighted by molar-refractivity contribution is 0.0374. The predicted molar refractivity (Wildman–Crippen MR) is 98.5 cm³/mol. The zero-order chi connectivity index (χ0) is 18.2. The van der Waals surface area contributed by atoms with Gasteiger partial charge in [-0.3, -0.25) is 19.5 Å². The molecule has 3 heterocycles. The van der Waals surface area contributed by atoms with E-state index < -0.39 is 5.91 Å². The van der Waals surface area contributed by atoms with Crippen molar-refractivity contribution in [1.82, 2.24) is 20.2 Å². The van der Waals surface area contributed by atoms with Crippen molar-refractivity contribution in [2.75, 3.05) is 44.7 Å². The molecule has 0 saturated carbocycles. The zero-order valence-electron chi connectivity index (χ0n) is 14.3. The van der Waals surface area contributed by atoms with Gasteiger partial charge in [-0.15, -0.1) is 11.3 Å². The number of nitrogens with one attached hydrogen (secondary N) is 2. The van der Waals surface area contributed by atoms with E-state index in [0.717, 1.165) is 39.3 Å². The van der Waals surface area contributed by atoms with Gasteiger partial charge in [0.1, 0.15) is 10.6 Å². The van der Waals surface area contributed by atoms with Gasteiger partial charge in [-0.1, -0.05) is 0 Å². The van der Waals surface area contributed by atoms with Crippen molar-refractivity contribution in [3.8, 4) is 0 Å². The number of carbonyl (C=O) groups excluding carboxylic acids is 2. The van der Waals surface area contributed by atoms with E-state index in [2.05, 4.69) is 25.5 Å². The van der Waals surface area contributed by atoms with Crippen LogP contribution in [0.1, 0.15) is 26.6 Å². The molecule has 0 atom stereocenters. The molecular formula is C17H21N5O3S. The third-order valence-electron chi connectivity index (χ3n) is 3.96. The molecule has 0 aromatic carbocycles. The number of nitrogens with zero attached hydrogens (tertiary/aromatic N) is 3. The summed E-state index contributed by atoms with van der Waals surface area (Å²) >= 11 is 1.29. The highest BCUT2D eigenvalue weighted by molar-refractivity contribution is 7.12. The van der Waals surface area contributed by atoms with Crippen molar-refractivity contribution < 1.29 is 14.3 Å². The molecular weight excluding hydrogens is 354 g/mol. The number of rotatable bonds is 7. The molecule has 26 heavy (non-hydrogen) atoms. The highest BCUT2D eigenvalue weighted by Crippen LogP contribution is 2.22. The summed E-state index contributed by atoms with van der Waals surface area (Å²) in [5.41, 5.74) is 0.687. The summed E-state index contributed by atoms with van der Waals surface area (Å²) < 4.78 is 5.32. The van der Waals surface area contributed by atoms with E-state index in [9.17, 15) is 9.59 Å². The van der Waals surface area contributed by atoms with Crippen LogP contribution in [0.4, 0.5) is 5.69 Å². The van der Waals surface area contributed by atoms with Gasteiger partial charge >= 0.3 is 0 Å². The summed E-state index contributed by atoms with van der Waals surface area (Å²) in [6.07, 6.45) is 5.20. The van der Waals surface area contributed by atoms with E-state index >= 15 is 0 Å². The maximum atomic E-state index is 12.4. The van der Waals surface area contributed by atoms with Gasteiger partial charge in [0.25, 0.3) is 11.8 Å². The second kappa shape index (κ2) is 9.37. The second-order valence-electron chi connectivity index (χ2n) is 5.77. The van der Waals surface area contributed by atoms with Crippen LogP contribution in [0.3, 0.4) is 0 Å². The quantitative estimate of drug-likeness (QED) is 0.707. The molecule has 2 N–H and O–H groups in total. The van der Waals surface area contributed by atoms with Crippen molar-refractivity contribution in [2.45, 2.75) is 6.42 Å². The molecule has 1 aliphatic heterocycles. The van der Waals surface area contributed by atoms with E-state index in [1.165, 1.54) is 29.9 Å². The van der Waals surface area contributed by atoms with Crippen LogP contribution >= 0.6 is 11.3 Å². The predicted octanol–water partition coefficient (Wildman–Crippen LogP) is 1.24. The van der Waals surface area contributed by atoms with Crippen molar-refractivity contribution in [3.05, 3.63) is 40.6 Å². The van der Waals surface area contributed by atoms with E-state index in [0.29, 0.717) is 17.1 Å². The molecule has 1 saturated heterocycles. The first-order valence-corrected chi connectivity index (χ1v) is 9.35. The Balaban J connectivity index is 1.47. The molecule has 138 valence electrons. The summed E-state index contributed by atoms with van der Waals surface area (Å²) in [5, 5.41) is 7.40. The SMILES string of the molecule is O=C(Nc1ccsc1C(=O)NCCCN1CCOCC1)c1cnccn1. The smallest absolute Gasteiger partial charge is 0.275 e. The van der Waals surface area contributed by atoms with Crippen LogP contribution in [0.25, 0.3) is 0 Å². The summed E-state index contributed by atoms with van der Waals surface area (Å²) in [7, 11) is 0. The number of hydrogen-bond donors (Lipinski definition) is 2. The summed E-state index contributed by atoms with van der Waals surface area (Å²) in [4.78, 5) is 35.2. The Kier molecular flexibility index (Phi) is 6.64. The fraction of sp³-hybridized carbons (Fsp3) is 0.412. The fourth-order valence-corrected chi connectivity index (χ4v) is 3.36. The lowest BCUT2D eigenvalue weighted by Gasteiger charge is -2.26. The van der Waals surface area contributed by atoms with Gasteiger partial charge in [-0.2, -0.15) is 0 Å². The number of hydrogen-bond acceptors (Lipinski definition) is 7. The van der Waals surface area contributed by atoms with E-state index in [1.807, 2.05) is 0 Å². The van der Waals surface area contributed by atoms with Crippen LogP contribution in [0.15, 0.2) is 30.0 Å². The third-order valence-corrected chi connectivity index (χ3v) is 4.87. The molecule has 0 spiro atoms. The third kappa shape index (κ3) is 5.07. The van der Waals surface area contributed by atoms with Gasteiger partial charge in [0.15, 0.2) is 0 Å². The molecule has 0 radical (unpaired) electrons. The van der Waals surface area contributed by atoms with Crippen molar-refractivity contribution in [1.29, 1.82) is 0 Å². The molecule has 8 nitrogen and oxygen atoms in total. The summed E-state index contributed by atoms with van der Waals surface area (Å²) in [6.45, 7) is 4.96. The highest BCUT2D eigenvalue weighted by atomic mass is 32.1. The van der Waals surface area contributed by atoms with Crippen LogP contribution in [-0.2, 0) is 4.74 Å². The molecule has 9 heteroatoms. The van der Waals surface area contributed by atoms with Gasteiger partial charge in [-0.25, -0.2) is 4.98 Å². The summed E-state index contributed by atoms with van der Waals surface area (Å²) in [5.74, 6) is -0.575. The molecule has 3 rings (SSSR count). The largest absolute Gasteiger partial charge is 0.379 e. The van der Waals surface area contributed by atoms with Crippen molar-refractivity contribution in [2.24, 2.45) is 0 Å². The highest BCUT2D eigenvalue weighted by Gasteiger charge is 2.16. The van der Waals surface area contributed by atoms with Crippen LogP contribution in [0, 0.1) is 0 Å². The van der Waals surface area contributed by atoms with Gasteiger partial charge in [-0.05, 0) is 24.4 Å². The number of thiophene rings is 1. The Morgan fingerprint density at radius 1 is 1.23 bits per heavy atom. The van der Waals surface area contributed by atoms with Crippen molar-refractivity contribution in [3.63, 3.8) is 0 Å². The number of anilines is 1. The van der Waals surface area contributed by atoms with Crippen LogP contribution < -0.4 is 10.6 Å². The van der Waals surface area contributed by atoms with Gasteiger partial charge in [0.05, 0.1) is 25.1 Å². The maximum absolute atomic E-state index is 12.4. The van der Waals surface area contributed by atoms with Gasteiger partial charge < -0.3 is 15.4 Å². The first-order valence-electron chi connectivity index (χ1n) is 8.47. The minimum atomic E-state index is -0.391. The topological polar surface area (TPSA) is 96.5 Å². The molecule has 1 aliphatic rings. The number of aromatic nitrogens is 2. The van der Waals surface area contributed by atoms with E-state index in [1.54, 1.807) is 11.4 Å². The Labute approximate surface area is 155 Å². The second-order valence-corrected chi connectivity index (χ2v) is 6.69. The average Bonchev–Trinajstić information content (AvgIpc) is 3.15. The van der Waals surface area contributed by atoms with Crippen LogP contribution in [0.2, 0.25) is 0 Å².